The number of carbonyl (C=O) groups excluding carboxylic acids is 3. The molecule has 0 spiro atoms. The number of rotatable bonds is 6. The molecule has 0 aliphatic carbocycles. The summed E-state index contributed by atoms with van der Waals surface area (Å²) in [6.45, 7) is 7.08. The number of methoxy groups -OCH3 is 1. The monoisotopic (exact) mass is 508 g/mol. The smallest absolute Gasteiger partial charge is 0.411 e. The van der Waals surface area contributed by atoms with Crippen molar-refractivity contribution in [2.24, 2.45) is 5.73 Å². The highest BCUT2D eigenvalue weighted by molar-refractivity contribution is 5.97. The van der Waals surface area contributed by atoms with Crippen molar-refractivity contribution in [2.45, 2.75) is 57.7 Å². The van der Waals surface area contributed by atoms with Crippen molar-refractivity contribution in [3.8, 4) is 5.75 Å². The average Bonchev–Trinajstić information content (AvgIpc) is 3.42. The topological polar surface area (TPSA) is 121 Å². The van der Waals surface area contributed by atoms with Crippen LogP contribution in [0.3, 0.4) is 0 Å². The van der Waals surface area contributed by atoms with Gasteiger partial charge in [0.15, 0.2) is 0 Å². The molecule has 1 saturated heterocycles. The molecular formula is C28H32N2O7. The van der Waals surface area contributed by atoms with Crippen LogP contribution in [0.25, 0.3) is 11.0 Å². The van der Waals surface area contributed by atoms with E-state index < -0.39 is 41.6 Å². The Balaban J connectivity index is 1.91. The van der Waals surface area contributed by atoms with Gasteiger partial charge in [-0.05, 0) is 57.9 Å². The number of fused-ring (bicyclic) bond motifs is 1. The normalized spacial score (nSPS) is 19.6. The summed E-state index contributed by atoms with van der Waals surface area (Å²) in [4.78, 5) is 40.9. The van der Waals surface area contributed by atoms with Crippen LogP contribution in [0.5, 0.6) is 5.75 Å². The zero-order chi connectivity index (χ0) is 26.9. The van der Waals surface area contributed by atoms with Crippen molar-refractivity contribution in [3.05, 3.63) is 65.4 Å². The number of primary amides is 1. The molecule has 2 aromatic carbocycles. The lowest BCUT2D eigenvalue weighted by molar-refractivity contribution is -0.123. The fraction of sp³-hybridized carbons (Fsp3) is 0.393. The van der Waals surface area contributed by atoms with E-state index in [4.69, 9.17) is 24.4 Å². The lowest BCUT2D eigenvalue weighted by Gasteiger charge is -2.32. The van der Waals surface area contributed by atoms with E-state index in [-0.39, 0.29) is 12.4 Å². The van der Waals surface area contributed by atoms with Gasteiger partial charge < -0.3 is 24.4 Å². The minimum absolute atomic E-state index is 0.0137. The second-order valence-electron chi connectivity index (χ2n) is 9.93. The molecule has 0 bridgehead atoms. The third kappa shape index (κ3) is 5.12. The van der Waals surface area contributed by atoms with Crippen molar-refractivity contribution < 1.29 is 33.0 Å². The molecule has 0 radical (unpaired) electrons. The standard InChI is InChI=1S/C28H32N2O7/c1-6-35-26(32)24-22(18-9-7-8-10-21(18)36-24)20-15-19(16-11-13-17(34-5)14-12-16)23(25(29)31)30(20)27(33)37-28(2,3)4/h7-14,19-20,23H,6,15H2,1-5H3,(H2,29,31)/t19-,20?,23-/m0/s1. The number of hydrogen-bond acceptors (Lipinski definition) is 7. The summed E-state index contributed by atoms with van der Waals surface area (Å²) in [5, 5.41) is 0.641. The van der Waals surface area contributed by atoms with E-state index in [2.05, 4.69) is 0 Å². The molecule has 2 heterocycles. The third-order valence-corrected chi connectivity index (χ3v) is 6.36. The summed E-state index contributed by atoms with van der Waals surface area (Å²) in [6, 6.07) is 12.6. The molecule has 1 aliphatic rings. The number of nitrogens with zero attached hydrogens (tertiary/aromatic N) is 1. The number of benzene rings is 2. The van der Waals surface area contributed by atoms with Gasteiger partial charge in [-0.15, -0.1) is 0 Å². The molecule has 2 amide bonds. The number of nitrogens with two attached hydrogens (primary N) is 1. The Kier molecular flexibility index (Phi) is 7.16. The van der Waals surface area contributed by atoms with Crippen LogP contribution in [0.2, 0.25) is 0 Å². The Hall–Kier alpha value is -4.01. The molecule has 1 fully saturated rings. The average molecular weight is 509 g/mol. The van der Waals surface area contributed by atoms with Crippen LogP contribution in [-0.2, 0) is 14.3 Å². The van der Waals surface area contributed by atoms with Gasteiger partial charge >= 0.3 is 12.1 Å². The lowest BCUT2D eigenvalue weighted by Crippen LogP contribution is -2.48. The van der Waals surface area contributed by atoms with Crippen LogP contribution in [0.4, 0.5) is 4.79 Å². The zero-order valence-corrected chi connectivity index (χ0v) is 21.6. The number of para-hydroxylation sites is 1. The molecule has 1 aromatic heterocycles. The molecule has 0 saturated carbocycles. The summed E-state index contributed by atoms with van der Waals surface area (Å²) >= 11 is 0. The molecular weight excluding hydrogens is 476 g/mol. The van der Waals surface area contributed by atoms with Crippen LogP contribution in [0.15, 0.2) is 52.9 Å². The van der Waals surface area contributed by atoms with E-state index >= 15 is 0 Å². The first-order valence-corrected chi connectivity index (χ1v) is 12.2. The van der Waals surface area contributed by atoms with E-state index in [1.165, 1.54) is 4.90 Å². The highest BCUT2D eigenvalue weighted by atomic mass is 16.6. The number of ether oxygens (including phenoxy) is 3. The zero-order valence-electron chi connectivity index (χ0n) is 21.6. The SMILES string of the molecule is CCOC(=O)c1oc2ccccc2c1C1C[C@@H](c2ccc(OC)cc2)[C@@H](C(N)=O)N1C(=O)OC(C)(C)C. The summed E-state index contributed by atoms with van der Waals surface area (Å²) < 4.78 is 22.2. The van der Waals surface area contributed by atoms with Crippen molar-refractivity contribution in [3.63, 3.8) is 0 Å². The molecule has 3 aromatic rings. The van der Waals surface area contributed by atoms with Crippen LogP contribution in [0.1, 0.15) is 67.8 Å². The number of esters is 1. The van der Waals surface area contributed by atoms with Crippen molar-refractivity contribution in [1.29, 1.82) is 0 Å². The molecule has 196 valence electrons. The number of likely N-dealkylation sites (tertiary alicyclic amines) is 1. The van der Waals surface area contributed by atoms with Crippen LogP contribution < -0.4 is 10.5 Å². The van der Waals surface area contributed by atoms with Gasteiger partial charge in [-0.25, -0.2) is 9.59 Å². The number of carbonyl (C=O) groups is 3. The minimum Gasteiger partial charge on any atom is -0.497 e. The van der Waals surface area contributed by atoms with E-state index in [9.17, 15) is 14.4 Å². The highest BCUT2D eigenvalue weighted by Crippen LogP contribution is 2.49. The van der Waals surface area contributed by atoms with Crippen molar-refractivity contribution in [2.75, 3.05) is 13.7 Å². The summed E-state index contributed by atoms with van der Waals surface area (Å²) in [5.41, 5.74) is 6.81. The van der Waals surface area contributed by atoms with E-state index in [0.29, 0.717) is 28.7 Å². The molecule has 37 heavy (non-hydrogen) atoms. The number of amides is 2. The van der Waals surface area contributed by atoms with E-state index in [1.54, 1.807) is 59.1 Å². The van der Waals surface area contributed by atoms with Gasteiger partial charge in [0.05, 0.1) is 19.8 Å². The lowest BCUT2D eigenvalue weighted by atomic mass is 9.88. The fourth-order valence-corrected chi connectivity index (χ4v) is 4.93. The molecule has 4 rings (SSSR count). The number of hydrogen-bond donors (Lipinski definition) is 1. The summed E-state index contributed by atoms with van der Waals surface area (Å²) in [5.74, 6) is -1.16. The van der Waals surface area contributed by atoms with Gasteiger partial charge in [-0.1, -0.05) is 30.3 Å². The largest absolute Gasteiger partial charge is 0.497 e. The van der Waals surface area contributed by atoms with Gasteiger partial charge in [-0.2, -0.15) is 0 Å². The molecule has 1 unspecified atom stereocenters. The Labute approximate surface area is 215 Å². The molecule has 1 aliphatic heterocycles. The fourth-order valence-electron chi connectivity index (χ4n) is 4.93. The quantitative estimate of drug-likeness (QED) is 0.468. The van der Waals surface area contributed by atoms with E-state index in [0.717, 1.165) is 5.56 Å². The van der Waals surface area contributed by atoms with Gasteiger partial charge in [0, 0.05) is 16.9 Å². The highest BCUT2D eigenvalue weighted by Gasteiger charge is 2.51. The maximum absolute atomic E-state index is 13.6. The van der Waals surface area contributed by atoms with Crippen LogP contribution in [-0.4, -0.2) is 48.2 Å². The maximum atomic E-state index is 13.6. The Morgan fingerprint density at radius 3 is 2.35 bits per heavy atom. The minimum atomic E-state index is -1.03. The molecule has 9 nitrogen and oxygen atoms in total. The predicted octanol–water partition coefficient (Wildman–Crippen LogP) is 4.94. The molecule has 9 heteroatoms. The van der Waals surface area contributed by atoms with Gasteiger partial charge in [0.2, 0.25) is 11.7 Å². The van der Waals surface area contributed by atoms with Gasteiger partial charge in [-0.3, -0.25) is 9.69 Å². The Morgan fingerprint density at radius 2 is 1.76 bits per heavy atom. The third-order valence-electron chi connectivity index (χ3n) is 6.36. The Morgan fingerprint density at radius 1 is 1.08 bits per heavy atom. The Bertz CT molecular complexity index is 1310. The predicted molar refractivity (Wildman–Crippen MR) is 136 cm³/mol. The first-order chi connectivity index (χ1) is 17.6. The van der Waals surface area contributed by atoms with Crippen LogP contribution >= 0.6 is 0 Å². The van der Waals surface area contributed by atoms with Gasteiger partial charge in [0.1, 0.15) is 23.0 Å². The second-order valence-corrected chi connectivity index (χ2v) is 9.93. The molecule has 2 N–H and O–H groups in total. The maximum Gasteiger partial charge on any atom is 0.411 e. The van der Waals surface area contributed by atoms with Gasteiger partial charge in [0.25, 0.3) is 0 Å². The van der Waals surface area contributed by atoms with Crippen molar-refractivity contribution in [1.82, 2.24) is 4.90 Å². The first kappa shape index (κ1) is 26.1. The first-order valence-electron chi connectivity index (χ1n) is 12.2. The summed E-state index contributed by atoms with van der Waals surface area (Å²) in [7, 11) is 1.57. The van der Waals surface area contributed by atoms with E-state index in [1.807, 2.05) is 24.3 Å². The number of furan rings is 1. The van der Waals surface area contributed by atoms with Crippen molar-refractivity contribution >= 4 is 28.9 Å². The van der Waals surface area contributed by atoms with Crippen LogP contribution in [0, 0.1) is 0 Å². The summed E-state index contributed by atoms with van der Waals surface area (Å²) in [6.07, 6.45) is -0.410. The molecule has 3 atom stereocenters. The second kappa shape index (κ2) is 10.2.